The van der Waals surface area contributed by atoms with E-state index in [9.17, 15) is 9.59 Å². The van der Waals surface area contributed by atoms with Crippen LogP contribution in [-0.4, -0.2) is 48.4 Å². The molecule has 0 aliphatic carbocycles. The maximum atomic E-state index is 12.1. The molecule has 10 nitrogen and oxygen atoms in total. The third-order valence-corrected chi connectivity index (χ3v) is 3.50. The minimum Gasteiger partial charge on any atom is -0.461 e. The van der Waals surface area contributed by atoms with Gasteiger partial charge < -0.3 is 4.74 Å². The van der Waals surface area contributed by atoms with Crippen molar-refractivity contribution in [3.8, 4) is 5.82 Å². The summed E-state index contributed by atoms with van der Waals surface area (Å²) in [6, 6.07) is 3.09. The normalized spacial score (nSPS) is 10.4. The van der Waals surface area contributed by atoms with Gasteiger partial charge in [0.1, 0.15) is 12.7 Å². The van der Waals surface area contributed by atoms with Gasteiger partial charge in [0.25, 0.3) is 5.91 Å². The fraction of sp³-hybridized carbons (Fsp3) is 0.154. The zero-order valence-electron chi connectivity index (χ0n) is 12.4. The van der Waals surface area contributed by atoms with E-state index in [1.807, 2.05) is 0 Å². The number of aromatic nitrogens is 6. The Bertz CT molecular complexity index is 845. The highest BCUT2D eigenvalue weighted by Crippen LogP contribution is 2.17. The maximum Gasteiger partial charge on any atom is 0.357 e. The Morgan fingerprint density at radius 2 is 2.17 bits per heavy atom. The summed E-state index contributed by atoms with van der Waals surface area (Å²) in [5.74, 6) is -0.591. The summed E-state index contributed by atoms with van der Waals surface area (Å²) in [6.07, 6.45) is 2.84. The molecule has 122 valence electrons. The molecule has 0 aliphatic heterocycles. The average molecular weight is 345 g/mol. The van der Waals surface area contributed by atoms with Gasteiger partial charge in [-0.05, 0) is 19.1 Å². The number of rotatable bonds is 5. The van der Waals surface area contributed by atoms with E-state index in [2.05, 4.69) is 30.6 Å². The summed E-state index contributed by atoms with van der Waals surface area (Å²) < 4.78 is 6.25. The molecule has 0 saturated carbocycles. The number of carbonyl (C=O) groups is 2. The molecule has 0 bridgehead atoms. The van der Waals surface area contributed by atoms with Gasteiger partial charge in [-0.2, -0.15) is 5.10 Å². The lowest BCUT2D eigenvalue weighted by Gasteiger charge is -2.02. The van der Waals surface area contributed by atoms with Crippen molar-refractivity contribution in [3.63, 3.8) is 0 Å². The van der Waals surface area contributed by atoms with Crippen LogP contribution >= 0.6 is 11.3 Å². The van der Waals surface area contributed by atoms with Crippen molar-refractivity contribution in [1.29, 1.82) is 0 Å². The van der Waals surface area contributed by atoms with E-state index in [0.717, 1.165) is 11.3 Å². The molecule has 0 spiro atoms. The van der Waals surface area contributed by atoms with Crippen LogP contribution in [0.2, 0.25) is 0 Å². The third kappa shape index (κ3) is 3.41. The van der Waals surface area contributed by atoms with Crippen LogP contribution in [0.15, 0.2) is 30.2 Å². The van der Waals surface area contributed by atoms with E-state index in [0.29, 0.717) is 5.82 Å². The standard InChI is InChI=1S/C13H11N7O3S/c1-2-23-12(22)9-5-24-13(16-9)17-11(21)8-3-4-10(19-18-8)20-7-14-6-15-20/h3-7H,2H2,1H3,(H,16,17,21). The number of nitrogens with zero attached hydrogens (tertiary/aromatic N) is 6. The van der Waals surface area contributed by atoms with Crippen molar-refractivity contribution in [1.82, 2.24) is 29.9 Å². The molecule has 3 rings (SSSR count). The number of ether oxygens (including phenoxy) is 1. The largest absolute Gasteiger partial charge is 0.461 e. The first kappa shape index (κ1) is 15.7. The Morgan fingerprint density at radius 1 is 1.29 bits per heavy atom. The van der Waals surface area contributed by atoms with Crippen molar-refractivity contribution >= 4 is 28.3 Å². The highest BCUT2D eigenvalue weighted by atomic mass is 32.1. The number of hydrogen-bond acceptors (Lipinski definition) is 9. The van der Waals surface area contributed by atoms with Gasteiger partial charge in [-0.3, -0.25) is 10.1 Å². The molecule has 3 heterocycles. The SMILES string of the molecule is CCOC(=O)c1csc(NC(=O)c2ccc(-n3cncn3)nn2)n1. The summed E-state index contributed by atoms with van der Waals surface area (Å²) >= 11 is 1.11. The Kier molecular flexibility index (Phi) is 4.52. The fourth-order valence-corrected chi connectivity index (χ4v) is 2.36. The first-order chi connectivity index (χ1) is 11.7. The lowest BCUT2D eigenvalue weighted by atomic mass is 10.3. The molecule has 0 aromatic carbocycles. The molecule has 0 aliphatic rings. The molecule has 0 fully saturated rings. The van der Waals surface area contributed by atoms with Gasteiger partial charge in [0, 0.05) is 5.38 Å². The zero-order valence-corrected chi connectivity index (χ0v) is 13.2. The number of anilines is 1. The first-order valence-electron chi connectivity index (χ1n) is 6.80. The number of amides is 1. The minimum atomic E-state index is -0.536. The van der Waals surface area contributed by atoms with Crippen LogP contribution < -0.4 is 5.32 Å². The van der Waals surface area contributed by atoms with Gasteiger partial charge in [0.05, 0.1) is 6.61 Å². The second-order valence-electron chi connectivity index (χ2n) is 4.33. The molecule has 0 atom stereocenters. The van der Waals surface area contributed by atoms with E-state index in [-0.39, 0.29) is 23.1 Å². The molecule has 3 aromatic heterocycles. The lowest BCUT2D eigenvalue weighted by molar-refractivity contribution is 0.0520. The quantitative estimate of drug-likeness (QED) is 0.677. The Morgan fingerprint density at radius 3 is 2.83 bits per heavy atom. The molecular formula is C13H11N7O3S. The van der Waals surface area contributed by atoms with Crippen molar-refractivity contribution in [3.05, 3.63) is 41.6 Å². The van der Waals surface area contributed by atoms with E-state index in [1.165, 1.54) is 28.8 Å². The highest BCUT2D eigenvalue weighted by molar-refractivity contribution is 7.14. The smallest absolute Gasteiger partial charge is 0.357 e. The third-order valence-electron chi connectivity index (χ3n) is 2.75. The minimum absolute atomic E-state index is 0.103. The predicted molar refractivity (Wildman–Crippen MR) is 83.0 cm³/mol. The van der Waals surface area contributed by atoms with E-state index < -0.39 is 11.9 Å². The zero-order chi connectivity index (χ0) is 16.9. The van der Waals surface area contributed by atoms with Crippen LogP contribution in [0, 0.1) is 0 Å². The second kappa shape index (κ2) is 6.91. The summed E-state index contributed by atoms with van der Waals surface area (Å²) in [6.45, 7) is 1.96. The molecule has 0 radical (unpaired) electrons. The van der Waals surface area contributed by atoms with Gasteiger partial charge in [0.2, 0.25) is 0 Å². The van der Waals surface area contributed by atoms with Crippen molar-refractivity contribution in [2.24, 2.45) is 0 Å². The molecular weight excluding hydrogens is 334 g/mol. The number of esters is 1. The summed E-state index contributed by atoms with van der Waals surface area (Å²) in [5, 5.41) is 16.0. The van der Waals surface area contributed by atoms with Crippen LogP contribution in [-0.2, 0) is 4.74 Å². The van der Waals surface area contributed by atoms with Gasteiger partial charge in [-0.15, -0.1) is 21.5 Å². The molecule has 24 heavy (non-hydrogen) atoms. The number of thiazole rings is 1. The van der Waals surface area contributed by atoms with Crippen LogP contribution in [0.3, 0.4) is 0 Å². The molecule has 1 amide bonds. The summed E-state index contributed by atoms with van der Waals surface area (Å²) in [4.78, 5) is 31.5. The maximum absolute atomic E-state index is 12.1. The second-order valence-corrected chi connectivity index (χ2v) is 5.19. The Balaban J connectivity index is 1.68. The van der Waals surface area contributed by atoms with Gasteiger partial charge in [-0.1, -0.05) is 0 Å². The molecule has 3 aromatic rings. The van der Waals surface area contributed by atoms with E-state index in [4.69, 9.17) is 4.74 Å². The summed E-state index contributed by atoms with van der Waals surface area (Å²) in [7, 11) is 0. The van der Waals surface area contributed by atoms with Crippen LogP contribution in [0.25, 0.3) is 5.82 Å². The Hall–Kier alpha value is -3.21. The molecule has 1 N–H and O–H groups in total. The fourth-order valence-electron chi connectivity index (χ4n) is 1.69. The topological polar surface area (TPSA) is 125 Å². The average Bonchev–Trinajstić information content (AvgIpc) is 3.27. The van der Waals surface area contributed by atoms with Gasteiger partial charge >= 0.3 is 5.97 Å². The number of nitrogens with one attached hydrogen (secondary N) is 1. The van der Waals surface area contributed by atoms with Crippen molar-refractivity contribution in [2.45, 2.75) is 6.92 Å². The monoisotopic (exact) mass is 345 g/mol. The predicted octanol–water partition coefficient (Wildman–Crippen LogP) is 0.943. The first-order valence-corrected chi connectivity index (χ1v) is 7.68. The van der Waals surface area contributed by atoms with Gasteiger partial charge in [-0.25, -0.2) is 19.4 Å². The van der Waals surface area contributed by atoms with Gasteiger partial charge in [0.15, 0.2) is 22.3 Å². The van der Waals surface area contributed by atoms with Crippen molar-refractivity contribution < 1.29 is 14.3 Å². The van der Waals surface area contributed by atoms with E-state index >= 15 is 0 Å². The van der Waals surface area contributed by atoms with Crippen LogP contribution in [0.4, 0.5) is 5.13 Å². The summed E-state index contributed by atoms with van der Waals surface area (Å²) in [5.41, 5.74) is 0.247. The highest BCUT2D eigenvalue weighted by Gasteiger charge is 2.15. The molecule has 0 saturated heterocycles. The number of hydrogen-bond donors (Lipinski definition) is 1. The number of carbonyl (C=O) groups excluding carboxylic acids is 2. The lowest BCUT2D eigenvalue weighted by Crippen LogP contribution is -2.15. The van der Waals surface area contributed by atoms with Crippen LogP contribution in [0.5, 0.6) is 0 Å². The van der Waals surface area contributed by atoms with Crippen LogP contribution in [0.1, 0.15) is 27.9 Å². The van der Waals surface area contributed by atoms with E-state index in [1.54, 1.807) is 13.0 Å². The molecule has 11 heteroatoms. The Labute approximate surface area is 139 Å². The van der Waals surface area contributed by atoms with Crippen molar-refractivity contribution in [2.75, 3.05) is 11.9 Å². The molecule has 0 unspecified atom stereocenters.